The Hall–Kier alpha value is -1.20. The molecule has 2 N–H and O–H groups in total. The Bertz CT molecular complexity index is 487. The van der Waals surface area contributed by atoms with Crippen molar-refractivity contribution >= 4 is 22.9 Å². The zero-order valence-electron chi connectivity index (χ0n) is 12.0. The van der Waals surface area contributed by atoms with Crippen LogP contribution in [0.3, 0.4) is 0 Å². The average Bonchev–Trinajstić information content (AvgIpc) is 2.47. The third-order valence-electron chi connectivity index (χ3n) is 4.71. The van der Waals surface area contributed by atoms with Crippen molar-refractivity contribution in [3.8, 4) is 0 Å². The molecule has 2 fully saturated rings. The van der Waals surface area contributed by atoms with Gasteiger partial charge >= 0.3 is 0 Å². The van der Waals surface area contributed by atoms with Crippen LogP contribution in [0.15, 0.2) is 18.3 Å². The van der Waals surface area contributed by atoms with Crippen LogP contribution < -0.4 is 10.6 Å². The summed E-state index contributed by atoms with van der Waals surface area (Å²) in [5.74, 6) is 0.790. The molecule has 3 rings (SSSR count). The highest BCUT2D eigenvalue weighted by molar-refractivity contribution is 7.80. The van der Waals surface area contributed by atoms with E-state index in [0.717, 1.165) is 25.0 Å². The van der Waals surface area contributed by atoms with Crippen LogP contribution in [0.25, 0.3) is 0 Å². The van der Waals surface area contributed by atoms with Gasteiger partial charge in [0.25, 0.3) is 0 Å². The number of hydrogen-bond donors (Lipinski definition) is 1. The van der Waals surface area contributed by atoms with Gasteiger partial charge in [-0.25, -0.2) is 0 Å². The van der Waals surface area contributed by atoms with E-state index in [1.165, 1.54) is 31.5 Å². The highest BCUT2D eigenvalue weighted by Crippen LogP contribution is 2.31. The topological polar surface area (TPSA) is 45.4 Å². The van der Waals surface area contributed by atoms with E-state index in [-0.39, 0.29) is 0 Å². The first-order chi connectivity index (χ1) is 9.65. The van der Waals surface area contributed by atoms with E-state index >= 15 is 0 Å². The molecule has 5 heteroatoms. The van der Waals surface area contributed by atoms with E-state index in [4.69, 9.17) is 18.0 Å². The van der Waals surface area contributed by atoms with Crippen LogP contribution in [-0.4, -0.2) is 47.6 Å². The fraction of sp³-hybridized carbons (Fsp3) is 0.600. The van der Waals surface area contributed by atoms with Crippen LogP contribution >= 0.6 is 12.2 Å². The zero-order chi connectivity index (χ0) is 14.1. The molecule has 2 saturated heterocycles. The first-order valence-corrected chi connectivity index (χ1v) is 7.77. The van der Waals surface area contributed by atoms with Crippen molar-refractivity contribution in [2.24, 2.45) is 11.7 Å². The summed E-state index contributed by atoms with van der Waals surface area (Å²) in [5.41, 5.74) is 7.49. The summed E-state index contributed by atoms with van der Waals surface area (Å²) in [6, 6.07) is 4.79. The van der Waals surface area contributed by atoms with Gasteiger partial charge in [0.2, 0.25) is 0 Å². The van der Waals surface area contributed by atoms with E-state index in [1.807, 2.05) is 12.3 Å². The summed E-state index contributed by atoms with van der Waals surface area (Å²) in [4.78, 5) is 9.72. The van der Waals surface area contributed by atoms with Gasteiger partial charge in [0.1, 0.15) is 4.99 Å². The van der Waals surface area contributed by atoms with Gasteiger partial charge in [0.05, 0.1) is 17.6 Å². The molecule has 0 aliphatic carbocycles. The van der Waals surface area contributed by atoms with Crippen molar-refractivity contribution in [2.75, 3.05) is 31.6 Å². The Morgan fingerprint density at radius 1 is 1.35 bits per heavy atom. The maximum atomic E-state index is 5.59. The third kappa shape index (κ3) is 2.65. The molecule has 0 radical (unpaired) electrons. The third-order valence-corrected chi connectivity index (χ3v) is 4.92. The van der Waals surface area contributed by atoms with Gasteiger partial charge in [-0.15, -0.1) is 0 Å². The van der Waals surface area contributed by atoms with Crippen molar-refractivity contribution in [1.82, 2.24) is 9.88 Å². The molecule has 2 unspecified atom stereocenters. The van der Waals surface area contributed by atoms with Crippen molar-refractivity contribution in [3.63, 3.8) is 0 Å². The van der Waals surface area contributed by atoms with Crippen LogP contribution in [0.5, 0.6) is 0 Å². The largest absolute Gasteiger partial charge is 0.388 e. The number of anilines is 1. The molecule has 2 aliphatic heterocycles. The van der Waals surface area contributed by atoms with E-state index < -0.39 is 0 Å². The molecular weight excluding hydrogens is 268 g/mol. The molecule has 1 aromatic heterocycles. The SMILES string of the molecule is CN1CCCC2CN(c3ccc(C(N)=S)nc3)CCC21. The summed E-state index contributed by atoms with van der Waals surface area (Å²) >= 11 is 4.95. The Morgan fingerprint density at radius 3 is 2.90 bits per heavy atom. The number of pyridine rings is 1. The minimum Gasteiger partial charge on any atom is -0.388 e. The van der Waals surface area contributed by atoms with Gasteiger partial charge in [-0.1, -0.05) is 12.2 Å². The lowest BCUT2D eigenvalue weighted by Gasteiger charge is -2.46. The van der Waals surface area contributed by atoms with Gasteiger partial charge in [-0.2, -0.15) is 0 Å². The fourth-order valence-electron chi connectivity index (χ4n) is 3.61. The Labute approximate surface area is 126 Å². The van der Waals surface area contributed by atoms with Gasteiger partial charge in [0.15, 0.2) is 0 Å². The number of rotatable bonds is 2. The molecule has 20 heavy (non-hydrogen) atoms. The number of fused-ring (bicyclic) bond motifs is 1. The predicted octanol–water partition coefficient (Wildman–Crippen LogP) is 1.64. The molecule has 1 aromatic rings. The number of thiocarbonyl (C=S) groups is 1. The maximum absolute atomic E-state index is 5.59. The number of nitrogens with two attached hydrogens (primary N) is 1. The summed E-state index contributed by atoms with van der Waals surface area (Å²) in [5, 5.41) is 0. The Kier molecular flexibility index (Phi) is 3.89. The van der Waals surface area contributed by atoms with E-state index in [2.05, 4.69) is 27.9 Å². The van der Waals surface area contributed by atoms with Crippen molar-refractivity contribution in [2.45, 2.75) is 25.3 Å². The zero-order valence-corrected chi connectivity index (χ0v) is 12.8. The lowest BCUT2D eigenvalue weighted by molar-refractivity contribution is 0.102. The summed E-state index contributed by atoms with van der Waals surface area (Å²) in [7, 11) is 2.27. The molecule has 0 amide bonds. The lowest BCUT2D eigenvalue weighted by atomic mass is 9.84. The molecule has 0 spiro atoms. The quantitative estimate of drug-likeness (QED) is 0.839. The van der Waals surface area contributed by atoms with E-state index in [0.29, 0.717) is 10.7 Å². The second-order valence-electron chi connectivity index (χ2n) is 5.95. The molecular formula is C15H22N4S. The summed E-state index contributed by atoms with van der Waals surface area (Å²) in [6.45, 7) is 3.51. The normalized spacial score (nSPS) is 27.1. The first kappa shape index (κ1) is 13.8. The van der Waals surface area contributed by atoms with Gasteiger partial charge in [-0.05, 0) is 50.9 Å². The molecule has 0 aromatic carbocycles. The first-order valence-electron chi connectivity index (χ1n) is 7.36. The van der Waals surface area contributed by atoms with E-state index in [1.54, 1.807) is 0 Å². The Morgan fingerprint density at radius 2 is 2.20 bits per heavy atom. The fourth-order valence-corrected chi connectivity index (χ4v) is 3.73. The van der Waals surface area contributed by atoms with Crippen LogP contribution in [0.1, 0.15) is 25.0 Å². The van der Waals surface area contributed by atoms with E-state index in [9.17, 15) is 0 Å². The number of piperidine rings is 2. The summed E-state index contributed by atoms with van der Waals surface area (Å²) < 4.78 is 0. The van der Waals surface area contributed by atoms with Gasteiger partial charge < -0.3 is 15.5 Å². The standard InChI is InChI=1S/C15H22N4S/c1-18-7-2-3-11-10-19(8-6-14(11)18)12-4-5-13(15(16)20)17-9-12/h4-5,9,11,14H,2-3,6-8,10H2,1H3,(H2,16,20). The van der Waals surface area contributed by atoms with Crippen molar-refractivity contribution in [3.05, 3.63) is 24.0 Å². The van der Waals surface area contributed by atoms with Gasteiger partial charge in [-0.3, -0.25) is 4.98 Å². The molecule has 2 atom stereocenters. The van der Waals surface area contributed by atoms with Crippen molar-refractivity contribution < 1.29 is 0 Å². The van der Waals surface area contributed by atoms with Crippen LogP contribution in [0, 0.1) is 5.92 Å². The Balaban J connectivity index is 1.71. The molecule has 4 nitrogen and oxygen atoms in total. The van der Waals surface area contributed by atoms with Crippen LogP contribution in [0.4, 0.5) is 5.69 Å². The second kappa shape index (κ2) is 5.66. The molecule has 108 valence electrons. The number of hydrogen-bond acceptors (Lipinski definition) is 4. The highest BCUT2D eigenvalue weighted by atomic mass is 32.1. The number of nitrogens with zero attached hydrogens (tertiary/aromatic N) is 3. The van der Waals surface area contributed by atoms with Crippen molar-refractivity contribution in [1.29, 1.82) is 0 Å². The monoisotopic (exact) mass is 290 g/mol. The maximum Gasteiger partial charge on any atom is 0.122 e. The average molecular weight is 290 g/mol. The van der Waals surface area contributed by atoms with Gasteiger partial charge in [0, 0.05) is 19.1 Å². The molecule has 0 bridgehead atoms. The molecule has 3 heterocycles. The lowest BCUT2D eigenvalue weighted by Crippen LogP contribution is -2.52. The molecule has 2 aliphatic rings. The highest BCUT2D eigenvalue weighted by Gasteiger charge is 2.34. The van der Waals surface area contributed by atoms with Crippen LogP contribution in [0.2, 0.25) is 0 Å². The molecule has 0 saturated carbocycles. The number of likely N-dealkylation sites (tertiary alicyclic amines) is 1. The predicted molar refractivity (Wildman–Crippen MR) is 86.1 cm³/mol. The summed E-state index contributed by atoms with van der Waals surface area (Å²) in [6.07, 6.45) is 5.83. The smallest absolute Gasteiger partial charge is 0.122 e. The second-order valence-corrected chi connectivity index (χ2v) is 6.39. The minimum absolute atomic E-state index is 0.365. The number of aromatic nitrogens is 1. The minimum atomic E-state index is 0.365. The van der Waals surface area contributed by atoms with Crippen LogP contribution in [-0.2, 0) is 0 Å².